The molecule has 0 saturated carbocycles. The van der Waals surface area contributed by atoms with Crippen molar-refractivity contribution in [2.24, 2.45) is 11.8 Å². The second kappa shape index (κ2) is 7.03. The Morgan fingerprint density at radius 2 is 1.89 bits per heavy atom. The van der Waals surface area contributed by atoms with Gasteiger partial charge in [-0.3, -0.25) is 9.59 Å². The average Bonchev–Trinajstić information content (AvgIpc) is 3.07. The number of aliphatic carboxylic acids is 1. The lowest BCUT2D eigenvalue weighted by molar-refractivity contribution is -0.163. The fourth-order valence-corrected chi connectivity index (χ4v) is 7.70. The summed E-state index contributed by atoms with van der Waals surface area (Å²) >= 11 is 1.13. The Labute approximate surface area is 167 Å². The summed E-state index contributed by atoms with van der Waals surface area (Å²) in [6.45, 7) is 4.91. The maximum absolute atomic E-state index is 12.4. The van der Waals surface area contributed by atoms with E-state index in [-0.39, 0.29) is 30.6 Å². The quantitative estimate of drug-likeness (QED) is 0.557. The molecule has 0 aromatic heterocycles. The predicted molar refractivity (Wildman–Crippen MR) is 102 cm³/mol. The summed E-state index contributed by atoms with van der Waals surface area (Å²) in [6.07, 6.45) is 0.207. The van der Waals surface area contributed by atoms with Crippen LogP contribution in [0.15, 0.2) is 10.6 Å². The number of sulfone groups is 1. The van der Waals surface area contributed by atoms with Crippen molar-refractivity contribution >= 4 is 39.4 Å². The van der Waals surface area contributed by atoms with Gasteiger partial charge in [-0.15, -0.1) is 11.8 Å². The molecule has 156 valence electrons. The standard InChI is InChI=1S/C17H24N2O7S2/c1-7-13-12(8(2)20)16(22)19(13)14(17(23)24)15(7)27-10-5-18(9(3)21)6-11(10)28(4,25)26/h7-8,10-13,20H,5-6H2,1-4H3,(H,23,24)/t7?,8?,10?,11?,12?,13-/m1/s1. The highest BCUT2D eigenvalue weighted by atomic mass is 32.2. The lowest BCUT2D eigenvalue weighted by atomic mass is 9.79. The van der Waals surface area contributed by atoms with Gasteiger partial charge in [-0.05, 0) is 6.92 Å². The van der Waals surface area contributed by atoms with Crippen molar-refractivity contribution in [2.75, 3.05) is 19.3 Å². The molecule has 0 aromatic carbocycles. The van der Waals surface area contributed by atoms with Gasteiger partial charge in [-0.25, -0.2) is 13.2 Å². The van der Waals surface area contributed by atoms with Gasteiger partial charge in [0, 0.05) is 42.3 Å². The molecule has 3 rings (SSSR count). The molecule has 9 nitrogen and oxygen atoms in total. The molecule has 5 unspecified atom stereocenters. The van der Waals surface area contributed by atoms with Gasteiger partial charge in [0.05, 0.1) is 23.3 Å². The van der Waals surface area contributed by atoms with Crippen molar-refractivity contribution < 1.29 is 33.0 Å². The number of amides is 2. The van der Waals surface area contributed by atoms with Crippen molar-refractivity contribution in [3.63, 3.8) is 0 Å². The van der Waals surface area contributed by atoms with E-state index in [9.17, 15) is 33.0 Å². The number of carboxylic acids is 1. The second-order valence-corrected chi connectivity index (χ2v) is 11.3. The van der Waals surface area contributed by atoms with Crippen molar-refractivity contribution in [2.45, 2.75) is 43.4 Å². The number of nitrogens with zero attached hydrogens (tertiary/aromatic N) is 2. The van der Waals surface area contributed by atoms with Gasteiger partial charge in [0.15, 0.2) is 9.84 Å². The Morgan fingerprint density at radius 1 is 1.29 bits per heavy atom. The molecule has 2 amide bonds. The number of carbonyl (C=O) groups excluding carboxylic acids is 2. The predicted octanol–water partition coefficient (Wildman–Crippen LogP) is -0.483. The molecule has 2 fully saturated rings. The number of aliphatic hydroxyl groups is 1. The first-order valence-corrected chi connectivity index (χ1v) is 11.8. The summed E-state index contributed by atoms with van der Waals surface area (Å²) in [4.78, 5) is 39.1. The van der Waals surface area contributed by atoms with Crippen molar-refractivity contribution in [1.29, 1.82) is 0 Å². The third kappa shape index (κ3) is 3.22. The minimum Gasteiger partial charge on any atom is -0.477 e. The molecular weight excluding hydrogens is 408 g/mol. The maximum Gasteiger partial charge on any atom is 0.353 e. The molecular formula is C17H24N2O7S2. The number of rotatable bonds is 5. The zero-order valence-corrected chi connectivity index (χ0v) is 17.7. The zero-order chi connectivity index (χ0) is 21.1. The molecule has 3 heterocycles. The first kappa shape index (κ1) is 21.1. The molecule has 3 aliphatic heterocycles. The van der Waals surface area contributed by atoms with Gasteiger partial charge in [0.1, 0.15) is 5.70 Å². The van der Waals surface area contributed by atoms with Crippen molar-refractivity contribution in [1.82, 2.24) is 9.80 Å². The zero-order valence-electron chi connectivity index (χ0n) is 16.0. The number of β-lactam (4-membered cyclic amide) rings is 1. The number of hydrogen-bond acceptors (Lipinski definition) is 7. The van der Waals surface area contributed by atoms with Gasteiger partial charge in [-0.1, -0.05) is 6.92 Å². The van der Waals surface area contributed by atoms with Crippen LogP contribution in [0.25, 0.3) is 0 Å². The van der Waals surface area contributed by atoms with E-state index in [0.717, 1.165) is 18.0 Å². The Morgan fingerprint density at radius 3 is 2.36 bits per heavy atom. The van der Waals surface area contributed by atoms with Crippen LogP contribution in [0.4, 0.5) is 0 Å². The molecule has 0 radical (unpaired) electrons. The van der Waals surface area contributed by atoms with Crippen LogP contribution in [0, 0.1) is 11.8 Å². The van der Waals surface area contributed by atoms with Gasteiger partial charge >= 0.3 is 5.97 Å². The Balaban J connectivity index is 1.95. The monoisotopic (exact) mass is 432 g/mol. The van der Waals surface area contributed by atoms with Crippen LogP contribution >= 0.6 is 11.8 Å². The third-order valence-corrected chi connectivity index (χ3v) is 9.15. The summed E-state index contributed by atoms with van der Waals surface area (Å²) < 4.78 is 24.5. The minimum atomic E-state index is -3.47. The molecule has 2 N–H and O–H groups in total. The highest BCUT2D eigenvalue weighted by molar-refractivity contribution is 8.04. The van der Waals surface area contributed by atoms with E-state index in [1.807, 2.05) is 0 Å². The van der Waals surface area contributed by atoms with E-state index in [4.69, 9.17) is 0 Å². The molecule has 0 bridgehead atoms. The number of carboxylic acid groups (broad SMARTS) is 1. The number of carbonyl (C=O) groups is 3. The van der Waals surface area contributed by atoms with Crippen molar-refractivity contribution in [3.8, 4) is 0 Å². The molecule has 3 aliphatic rings. The molecule has 0 aliphatic carbocycles. The third-order valence-electron chi connectivity index (χ3n) is 5.80. The molecule has 0 aromatic rings. The molecule has 11 heteroatoms. The summed E-state index contributed by atoms with van der Waals surface area (Å²) in [6, 6.07) is -0.455. The van der Waals surface area contributed by atoms with Gasteiger partial charge in [0.25, 0.3) is 0 Å². The van der Waals surface area contributed by atoms with Crippen LogP contribution < -0.4 is 0 Å². The van der Waals surface area contributed by atoms with Gasteiger partial charge in [0.2, 0.25) is 11.8 Å². The van der Waals surface area contributed by atoms with Gasteiger partial charge < -0.3 is 20.0 Å². The normalized spacial score (nSPS) is 33.8. The van der Waals surface area contributed by atoms with E-state index in [0.29, 0.717) is 4.91 Å². The lowest BCUT2D eigenvalue weighted by Crippen LogP contribution is -2.63. The smallest absolute Gasteiger partial charge is 0.353 e. The molecule has 28 heavy (non-hydrogen) atoms. The summed E-state index contributed by atoms with van der Waals surface area (Å²) in [5, 5.41) is 18.3. The largest absolute Gasteiger partial charge is 0.477 e. The Bertz CT molecular complexity index is 867. The van der Waals surface area contributed by atoms with Crippen LogP contribution in [0.3, 0.4) is 0 Å². The highest BCUT2D eigenvalue weighted by Crippen LogP contribution is 2.52. The Kier molecular flexibility index (Phi) is 5.30. The maximum atomic E-state index is 12.4. The summed E-state index contributed by atoms with van der Waals surface area (Å²) in [5.41, 5.74) is -0.141. The summed E-state index contributed by atoms with van der Waals surface area (Å²) in [5.74, 6) is -2.95. The van der Waals surface area contributed by atoms with Crippen LogP contribution in [0.1, 0.15) is 20.8 Å². The van der Waals surface area contributed by atoms with E-state index < -0.39 is 50.3 Å². The van der Waals surface area contributed by atoms with Crippen LogP contribution in [0.2, 0.25) is 0 Å². The Hall–Kier alpha value is -1.59. The number of hydrogen-bond donors (Lipinski definition) is 2. The van der Waals surface area contributed by atoms with Gasteiger partial charge in [-0.2, -0.15) is 0 Å². The first-order chi connectivity index (χ1) is 12.9. The summed E-state index contributed by atoms with van der Waals surface area (Å²) in [7, 11) is -3.47. The topological polar surface area (TPSA) is 132 Å². The minimum absolute atomic E-state index is 0.0677. The SMILES string of the molecule is CC(=O)N1CC(SC2=C(C(=O)O)N3C(=O)C(C(C)O)[C@H]3C2C)C(S(C)(=O)=O)C1. The molecule has 0 spiro atoms. The van der Waals surface area contributed by atoms with E-state index in [1.165, 1.54) is 23.6 Å². The number of aliphatic hydroxyl groups excluding tert-OH is 1. The van der Waals surface area contributed by atoms with Crippen LogP contribution in [-0.4, -0.2) is 88.2 Å². The number of fused-ring (bicyclic) bond motifs is 1. The number of likely N-dealkylation sites (tertiary alicyclic amines) is 1. The lowest BCUT2D eigenvalue weighted by Gasteiger charge is -2.46. The molecule has 2 saturated heterocycles. The van der Waals surface area contributed by atoms with E-state index >= 15 is 0 Å². The van der Waals surface area contributed by atoms with E-state index in [2.05, 4.69) is 0 Å². The fraction of sp³-hybridized carbons (Fsp3) is 0.706. The highest BCUT2D eigenvalue weighted by Gasteiger charge is 2.60. The number of thioether (sulfide) groups is 1. The molecule has 6 atom stereocenters. The fourth-order valence-electron chi connectivity index (χ4n) is 4.37. The van der Waals surface area contributed by atoms with Crippen molar-refractivity contribution in [3.05, 3.63) is 10.6 Å². The average molecular weight is 433 g/mol. The van der Waals surface area contributed by atoms with Crippen LogP contribution in [-0.2, 0) is 24.2 Å². The first-order valence-electron chi connectivity index (χ1n) is 8.95. The van der Waals surface area contributed by atoms with Crippen LogP contribution in [0.5, 0.6) is 0 Å². The second-order valence-electron chi connectivity index (χ2n) is 7.72. The van der Waals surface area contributed by atoms with E-state index in [1.54, 1.807) is 6.92 Å².